The van der Waals surface area contributed by atoms with E-state index in [0.29, 0.717) is 0 Å². The summed E-state index contributed by atoms with van der Waals surface area (Å²) in [5.41, 5.74) is 8.66. The Labute approximate surface area is 259 Å². The van der Waals surface area contributed by atoms with E-state index < -0.39 is 54.5 Å². The minimum atomic E-state index is -1.45. The number of nitrogens with two attached hydrogens (primary N) is 1. The maximum absolute atomic E-state index is 13.4. The third kappa shape index (κ3) is 9.41. The van der Waals surface area contributed by atoms with Crippen LogP contribution in [0.4, 0.5) is 4.79 Å². The molecule has 4 aromatic rings. The number of amides is 3. The van der Waals surface area contributed by atoms with E-state index in [2.05, 4.69) is 27.0 Å². The molecule has 0 unspecified atom stereocenters. The van der Waals surface area contributed by atoms with Crippen molar-refractivity contribution in [1.82, 2.24) is 20.9 Å². The first-order valence-corrected chi connectivity index (χ1v) is 14.3. The SMILES string of the molecule is N#C[C@@H](N[C@@H](CC(=O)O)C(=O)N[C@@H](Cc1ccccc1)C(N)=O)[C@H](Cc1c[nH]c2ccccc12)NC(=O)OCc1ccccc1. The van der Waals surface area contributed by atoms with Crippen LogP contribution in [0.25, 0.3) is 10.9 Å². The van der Waals surface area contributed by atoms with Gasteiger partial charge in [0, 0.05) is 23.5 Å². The van der Waals surface area contributed by atoms with Gasteiger partial charge in [-0.3, -0.25) is 19.7 Å². The van der Waals surface area contributed by atoms with Crippen molar-refractivity contribution in [1.29, 1.82) is 5.26 Å². The minimum Gasteiger partial charge on any atom is -0.481 e. The van der Waals surface area contributed by atoms with Crippen LogP contribution in [0, 0.1) is 11.3 Å². The minimum absolute atomic E-state index is 0.0168. The number of aromatic nitrogens is 1. The van der Waals surface area contributed by atoms with Crippen LogP contribution < -0.4 is 21.7 Å². The van der Waals surface area contributed by atoms with Crippen LogP contribution >= 0.6 is 0 Å². The van der Waals surface area contributed by atoms with Gasteiger partial charge in [0.2, 0.25) is 11.8 Å². The highest BCUT2D eigenvalue weighted by atomic mass is 16.5. The van der Waals surface area contributed by atoms with E-state index in [1.807, 2.05) is 42.5 Å². The van der Waals surface area contributed by atoms with Crippen molar-refractivity contribution in [2.45, 2.75) is 50.0 Å². The van der Waals surface area contributed by atoms with E-state index in [9.17, 15) is 29.5 Å². The van der Waals surface area contributed by atoms with Crippen molar-refractivity contribution in [3.8, 4) is 6.07 Å². The van der Waals surface area contributed by atoms with Crippen LogP contribution in [0.3, 0.4) is 0 Å². The molecule has 0 aliphatic heterocycles. The number of carbonyl (C=O) groups excluding carboxylic acids is 3. The molecule has 1 heterocycles. The number of alkyl carbamates (subject to hydrolysis) is 1. The highest BCUT2D eigenvalue weighted by Crippen LogP contribution is 2.20. The van der Waals surface area contributed by atoms with E-state index in [4.69, 9.17) is 10.5 Å². The van der Waals surface area contributed by atoms with Gasteiger partial charge in [-0.2, -0.15) is 5.26 Å². The number of hydrogen-bond acceptors (Lipinski definition) is 7. The number of fused-ring (bicyclic) bond motifs is 1. The zero-order chi connectivity index (χ0) is 32.2. The Morgan fingerprint density at radius 2 is 1.51 bits per heavy atom. The molecule has 0 aliphatic carbocycles. The number of hydrogen-bond donors (Lipinski definition) is 6. The summed E-state index contributed by atoms with van der Waals surface area (Å²) in [5.74, 6) is -2.96. The smallest absolute Gasteiger partial charge is 0.407 e. The molecule has 12 nitrogen and oxygen atoms in total. The van der Waals surface area contributed by atoms with Gasteiger partial charge in [0.1, 0.15) is 18.7 Å². The summed E-state index contributed by atoms with van der Waals surface area (Å²) < 4.78 is 5.39. The van der Waals surface area contributed by atoms with Crippen molar-refractivity contribution in [3.63, 3.8) is 0 Å². The Kier molecular flexibility index (Phi) is 11.3. The van der Waals surface area contributed by atoms with Crippen molar-refractivity contribution in [3.05, 3.63) is 108 Å². The number of primary amides is 1. The van der Waals surface area contributed by atoms with Gasteiger partial charge in [0.05, 0.1) is 24.6 Å². The third-order valence-corrected chi connectivity index (χ3v) is 7.19. The molecular formula is C33H34N6O6. The van der Waals surface area contributed by atoms with Gasteiger partial charge in [0.15, 0.2) is 0 Å². The fraction of sp³-hybridized carbons (Fsp3) is 0.242. The normalized spacial score (nSPS) is 13.5. The lowest BCUT2D eigenvalue weighted by Gasteiger charge is -2.28. The van der Waals surface area contributed by atoms with E-state index in [1.165, 1.54) is 0 Å². The number of carboxylic acids is 1. The third-order valence-electron chi connectivity index (χ3n) is 7.19. The summed E-state index contributed by atoms with van der Waals surface area (Å²) in [4.78, 5) is 53.4. The summed E-state index contributed by atoms with van der Waals surface area (Å²) >= 11 is 0. The number of aliphatic carboxylic acids is 1. The summed E-state index contributed by atoms with van der Waals surface area (Å²) in [5, 5.41) is 28.7. The monoisotopic (exact) mass is 610 g/mol. The molecule has 232 valence electrons. The average molecular weight is 611 g/mol. The number of carbonyl (C=O) groups is 4. The second-order valence-electron chi connectivity index (χ2n) is 10.5. The first-order chi connectivity index (χ1) is 21.7. The lowest BCUT2D eigenvalue weighted by atomic mass is 9.98. The van der Waals surface area contributed by atoms with Crippen LogP contribution in [-0.4, -0.2) is 58.1 Å². The molecule has 4 rings (SSSR count). The van der Waals surface area contributed by atoms with E-state index in [-0.39, 0.29) is 19.4 Å². The molecule has 45 heavy (non-hydrogen) atoms. The molecule has 0 spiro atoms. The highest BCUT2D eigenvalue weighted by Gasteiger charge is 2.33. The first-order valence-electron chi connectivity index (χ1n) is 14.3. The maximum atomic E-state index is 13.4. The van der Waals surface area contributed by atoms with Gasteiger partial charge in [0.25, 0.3) is 0 Å². The molecule has 3 amide bonds. The fourth-order valence-corrected chi connectivity index (χ4v) is 4.91. The van der Waals surface area contributed by atoms with Crippen molar-refractivity contribution in [2.24, 2.45) is 5.73 Å². The Morgan fingerprint density at radius 1 is 0.867 bits per heavy atom. The number of para-hydroxylation sites is 1. The average Bonchev–Trinajstić information content (AvgIpc) is 3.44. The number of rotatable bonds is 15. The lowest BCUT2D eigenvalue weighted by Crippen LogP contribution is -2.59. The summed E-state index contributed by atoms with van der Waals surface area (Å²) in [6.07, 6.45) is 0.461. The lowest BCUT2D eigenvalue weighted by molar-refractivity contribution is -0.140. The predicted octanol–water partition coefficient (Wildman–Crippen LogP) is 2.54. The largest absolute Gasteiger partial charge is 0.481 e. The molecule has 3 aromatic carbocycles. The predicted molar refractivity (Wildman–Crippen MR) is 165 cm³/mol. The zero-order valence-electron chi connectivity index (χ0n) is 24.3. The topological polar surface area (TPSA) is 199 Å². The molecule has 0 fully saturated rings. The van der Waals surface area contributed by atoms with Crippen molar-refractivity contribution in [2.75, 3.05) is 0 Å². The van der Waals surface area contributed by atoms with Gasteiger partial charge in [-0.25, -0.2) is 4.79 Å². The van der Waals surface area contributed by atoms with Gasteiger partial charge >= 0.3 is 12.1 Å². The van der Waals surface area contributed by atoms with Crippen LogP contribution in [0.5, 0.6) is 0 Å². The van der Waals surface area contributed by atoms with Crippen LogP contribution in [0.15, 0.2) is 91.1 Å². The number of nitrogens with zero attached hydrogens (tertiary/aromatic N) is 1. The van der Waals surface area contributed by atoms with Crippen LogP contribution in [0.2, 0.25) is 0 Å². The quantitative estimate of drug-likeness (QED) is 0.118. The second kappa shape index (κ2) is 15.7. The number of ether oxygens (including phenoxy) is 1. The van der Waals surface area contributed by atoms with E-state index >= 15 is 0 Å². The molecule has 0 saturated heterocycles. The van der Waals surface area contributed by atoms with Gasteiger partial charge in [-0.15, -0.1) is 0 Å². The van der Waals surface area contributed by atoms with E-state index in [1.54, 1.807) is 48.7 Å². The summed E-state index contributed by atoms with van der Waals surface area (Å²) in [6.45, 7) is -0.0168. The maximum Gasteiger partial charge on any atom is 0.407 e. The molecule has 0 saturated carbocycles. The molecule has 7 N–H and O–H groups in total. The molecule has 0 radical (unpaired) electrons. The van der Waals surface area contributed by atoms with Crippen molar-refractivity contribution < 1.29 is 29.0 Å². The van der Waals surface area contributed by atoms with Gasteiger partial charge in [-0.05, 0) is 29.2 Å². The zero-order valence-corrected chi connectivity index (χ0v) is 24.3. The number of nitrogens with one attached hydrogen (secondary N) is 4. The Balaban J connectivity index is 1.55. The first kappa shape index (κ1) is 32.2. The Bertz CT molecular complexity index is 1650. The van der Waals surface area contributed by atoms with Gasteiger partial charge < -0.3 is 31.2 Å². The molecule has 1 aromatic heterocycles. The number of H-pyrrole nitrogens is 1. The molecule has 0 bridgehead atoms. The molecule has 4 atom stereocenters. The molecule has 12 heteroatoms. The second-order valence-corrected chi connectivity index (χ2v) is 10.5. The highest BCUT2D eigenvalue weighted by molar-refractivity contribution is 5.91. The van der Waals surface area contributed by atoms with Crippen LogP contribution in [0.1, 0.15) is 23.1 Å². The van der Waals surface area contributed by atoms with Crippen molar-refractivity contribution >= 4 is 34.8 Å². The standard InChI is InChI=1S/C33H34N6O6/c34-18-29(37-28(17-30(40)41)32(43)38-27(31(35)42)15-21-9-3-1-4-10-21)26(16-23-19-36-25-14-8-7-13-24(23)25)39-33(44)45-20-22-11-5-2-6-12-22/h1-14,19,26-29,36-37H,15-17,20H2,(H2,35,42)(H,38,43)(H,39,44)(H,40,41)/t26-,27-,28-,29+/m0/s1. The van der Waals surface area contributed by atoms with Gasteiger partial charge in [-0.1, -0.05) is 78.9 Å². The number of aromatic amines is 1. The summed E-state index contributed by atoms with van der Waals surface area (Å²) in [7, 11) is 0. The summed E-state index contributed by atoms with van der Waals surface area (Å²) in [6, 6.07) is 22.7. The Hall–Kier alpha value is -5.67. The molecular weight excluding hydrogens is 576 g/mol. The molecule has 0 aliphatic rings. The fourth-order valence-electron chi connectivity index (χ4n) is 4.91. The van der Waals surface area contributed by atoms with Crippen LogP contribution in [-0.2, 0) is 38.6 Å². The van der Waals surface area contributed by atoms with E-state index in [0.717, 1.165) is 27.6 Å². The number of carboxylic acid groups (broad SMARTS) is 1. The number of nitriles is 1. The Morgan fingerprint density at radius 3 is 2.16 bits per heavy atom. The number of benzene rings is 3.